The molecule has 1 fully saturated rings. The Morgan fingerprint density at radius 1 is 1.20 bits per heavy atom. The Morgan fingerprint density at radius 3 is 2.73 bits per heavy atom. The molecule has 0 unspecified atom stereocenters. The first-order valence-corrected chi connectivity index (χ1v) is 10.2. The number of ether oxygens (including phenoxy) is 1. The van der Waals surface area contributed by atoms with Gasteiger partial charge in [-0.2, -0.15) is 0 Å². The first-order chi connectivity index (χ1) is 14.3. The van der Waals surface area contributed by atoms with Gasteiger partial charge in [0.2, 0.25) is 5.91 Å². The molecule has 1 saturated carbocycles. The third-order valence-corrected chi connectivity index (χ3v) is 6.25. The second-order valence-electron chi connectivity index (χ2n) is 7.99. The minimum absolute atomic E-state index is 0.0956. The summed E-state index contributed by atoms with van der Waals surface area (Å²) in [5.41, 5.74) is -0.425. The summed E-state index contributed by atoms with van der Waals surface area (Å²) in [4.78, 5) is 11.6. The van der Waals surface area contributed by atoms with Gasteiger partial charge in [0.25, 0.3) is 0 Å². The SMILES string of the molecule is O=C1CCc2c(OC[C@]3(O)CC[C@H](c4ccc(Cl)cc4F)C[C@H]3O)ccc(F)c2N1. The van der Waals surface area contributed by atoms with Crippen molar-refractivity contribution in [1.29, 1.82) is 0 Å². The van der Waals surface area contributed by atoms with Crippen LogP contribution in [0.25, 0.3) is 0 Å². The van der Waals surface area contributed by atoms with Gasteiger partial charge in [0.15, 0.2) is 0 Å². The molecular weight excluding hydrogens is 416 g/mol. The first kappa shape index (κ1) is 21.0. The second-order valence-corrected chi connectivity index (χ2v) is 8.43. The maximum absolute atomic E-state index is 14.2. The van der Waals surface area contributed by atoms with E-state index in [9.17, 15) is 23.8 Å². The fourth-order valence-corrected chi connectivity index (χ4v) is 4.40. The molecule has 8 heteroatoms. The molecule has 4 rings (SSSR count). The Bertz CT molecular complexity index is 986. The number of carbonyl (C=O) groups excluding carboxylic acids is 1. The predicted molar refractivity (Wildman–Crippen MR) is 108 cm³/mol. The van der Waals surface area contributed by atoms with E-state index in [4.69, 9.17) is 16.3 Å². The fraction of sp³-hybridized carbons (Fsp3) is 0.409. The van der Waals surface area contributed by atoms with Crippen molar-refractivity contribution in [3.63, 3.8) is 0 Å². The van der Waals surface area contributed by atoms with Crippen LogP contribution in [0.4, 0.5) is 14.5 Å². The lowest BCUT2D eigenvalue weighted by Crippen LogP contribution is -2.51. The molecule has 0 aromatic heterocycles. The number of anilines is 1. The third kappa shape index (κ3) is 4.02. The van der Waals surface area contributed by atoms with Crippen molar-refractivity contribution in [3.8, 4) is 5.75 Å². The maximum Gasteiger partial charge on any atom is 0.224 e. The average molecular weight is 438 g/mol. The van der Waals surface area contributed by atoms with Crippen molar-refractivity contribution >= 4 is 23.2 Å². The standard InChI is InChI=1S/C22H22ClF2NO4/c23-13-1-2-14(17(25)10-13)12-7-8-22(29,19(27)9-12)11-30-18-5-4-16(24)21-15(18)3-6-20(28)26-21/h1-2,4-5,10,12,19,27,29H,3,6-9,11H2,(H,26,28)/t12-,19+,22+/m0/s1. The molecule has 2 aromatic rings. The molecule has 1 heterocycles. The summed E-state index contributed by atoms with van der Waals surface area (Å²) in [6.07, 6.45) is 0.271. The van der Waals surface area contributed by atoms with Crippen LogP contribution in [0.3, 0.4) is 0 Å². The molecule has 1 amide bonds. The zero-order valence-electron chi connectivity index (χ0n) is 16.1. The van der Waals surface area contributed by atoms with Gasteiger partial charge >= 0.3 is 0 Å². The molecule has 2 aliphatic rings. The van der Waals surface area contributed by atoms with Crippen molar-refractivity contribution in [2.45, 2.75) is 49.7 Å². The van der Waals surface area contributed by atoms with E-state index in [0.717, 1.165) is 0 Å². The Hall–Kier alpha value is -2.22. The van der Waals surface area contributed by atoms with Crippen molar-refractivity contribution in [1.82, 2.24) is 0 Å². The van der Waals surface area contributed by atoms with Crippen molar-refractivity contribution in [2.75, 3.05) is 11.9 Å². The second kappa shape index (κ2) is 8.13. The van der Waals surface area contributed by atoms with Crippen LogP contribution in [0.1, 0.15) is 42.7 Å². The number of amides is 1. The highest BCUT2D eigenvalue weighted by Crippen LogP contribution is 2.41. The molecule has 3 atom stereocenters. The normalized spacial score (nSPS) is 26.1. The molecule has 0 saturated heterocycles. The lowest BCUT2D eigenvalue weighted by molar-refractivity contribution is -0.125. The van der Waals surface area contributed by atoms with Crippen LogP contribution in [0, 0.1) is 11.6 Å². The van der Waals surface area contributed by atoms with Crippen LogP contribution < -0.4 is 10.1 Å². The van der Waals surface area contributed by atoms with Gasteiger partial charge in [-0.15, -0.1) is 0 Å². The zero-order chi connectivity index (χ0) is 21.5. The Balaban J connectivity index is 1.46. The zero-order valence-corrected chi connectivity index (χ0v) is 16.9. The highest BCUT2D eigenvalue weighted by molar-refractivity contribution is 6.30. The highest BCUT2D eigenvalue weighted by atomic mass is 35.5. The Labute approximate surface area is 177 Å². The summed E-state index contributed by atoms with van der Waals surface area (Å²) in [6, 6.07) is 7.10. The summed E-state index contributed by atoms with van der Waals surface area (Å²) in [5.74, 6) is -1.12. The van der Waals surface area contributed by atoms with Crippen LogP contribution in [0.5, 0.6) is 5.75 Å². The molecule has 0 radical (unpaired) electrons. The van der Waals surface area contributed by atoms with E-state index in [1.165, 1.54) is 18.2 Å². The lowest BCUT2D eigenvalue weighted by atomic mass is 9.74. The van der Waals surface area contributed by atoms with E-state index in [-0.39, 0.29) is 43.4 Å². The van der Waals surface area contributed by atoms with E-state index in [2.05, 4.69) is 5.32 Å². The minimum Gasteiger partial charge on any atom is -0.490 e. The molecule has 1 aliphatic carbocycles. The number of carbonyl (C=O) groups is 1. The topological polar surface area (TPSA) is 78.8 Å². The third-order valence-electron chi connectivity index (χ3n) is 6.02. The highest BCUT2D eigenvalue weighted by Gasteiger charge is 2.43. The molecule has 0 bridgehead atoms. The smallest absolute Gasteiger partial charge is 0.224 e. The minimum atomic E-state index is -1.52. The number of halogens is 3. The van der Waals surface area contributed by atoms with E-state index < -0.39 is 23.3 Å². The van der Waals surface area contributed by atoms with E-state index in [1.807, 2.05) is 0 Å². The quantitative estimate of drug-likeness (QED) is 0.677. The van der Waals surface area contributed by atoms with Crippen LogP contribution in [-0.4, -0.2) is 34.4 Å². The molecule has 3 N–H and O–H groups in total. The predicted octanol–water partition coefficient (Wildman–Crippen LogP) is 3.94. The molecule has 160 valence electrons. The van der Waals surface area contributed by atoms with Crippen LogP contribution in [0.15, 0.2) is 30.3 Å². The van der Waals surface area contributed by atoms with Gasteiger partial charge in [-0.05, 0) is 61.4 Å². The summed E-state index contributed by atoms with van der Waals surface area (Å²) in [5, 5.41) is 24.4. The number of benzene rings is 2. The Kier molecular flexibility index (Phi) is 5.70. The first-order valence-electron chi connectivity index (χ1n) is 9.86. The average Bonchev–Trinajstić information content (AvgIpc) is 2.70. The van der Waals surface area contributed by atoms with E-state index in [1.54, 1.807) is 12.1 Å². The van der Waals surface area contributed by atoms with Crippen LogP contribution in [0.2, 0.25) is 5.02 Å². The molecule has 1 aliphatic heterocycles. The summed E-state index contributed by atoms with van der Waals surface area (Å²) < 4.78 is 34.0. The van der Waals surface area contributed by atoms with Crippen LogP contribution >= 0.6 is 11.6 Å². The molecule has 5 nitrogen and oxygen atoms in total. The molecule has 30 heavy (non-hydrogen) atoms. The number of rotatable bonds is 4. The largest absolute Gasteiger partial charge is 0.490 e. The number of fused-ring (bicyclic) bond motifs is 1. The number of aliphatic hydroxyl groups excluding tert-OH is 1. The Morgan fingerprint density at radius 2 is 2.00 bits per heavy atom. The number of hydrogen-bond donors (Lipinski definition) is 3. The number of aliphatic hydroxyl groups is 2. The molecule has 0 spiro atoms. The van der Waals surface area contributed by atoms with Gasteiger partial charge in [0.1, 0.15) is 29.6 Å². The molecular formula is C22H22ClF2NO4. The number of nitrogens with one attached hydrogen (secondary N) is 1. The summed E-state index contributed by atoms with van der Waals surface area (Å²) >= 11 is 5.81. The summed E-state index contributed by atoms with van der Waals surface area (Å²) in [7, 11) is 0. The molecule has 2 aromatic carbocycles. The van der Waals surface area contributed by atoms with Gasteiger partial charge in [-0.3, -0.25) is 4.79 Å². The monoisotopic (exact) mass is 437 g/mol. The fourth-order valence-electron chi connectivity index (χ4n) is 4.24. The maximum atomic E-state index is 14.2. The lowest BCUT2D eigenvalue weighted by Gasteiger charge is -2.40. The summed E-state index contributed by atoms with van der Waals surface area (Å²) in [6.45, 7) is -0.198. The number of hydrogen-bond acceptors (Lipinski definition) is 4. The van der Waals surface area contributed by atoms with Gasteiger partial charge in [0, 0.05) is 17.0 Å². The van der Waals surface area contributed by atoms with Crippen molar-refractivity contribution in [3.05, 3.63) is 58.1 Å². The van der Waals surface area contributed by atoms with Gasteiger partial charge in [0.05, 0.1) is 11.8 Å². The van der Waals surface area contributed by atoms with Crippen molar-refractivity contribution in [2.24, 2.45) is 0 Å². The van der Waals surface area contributed by atoms with Crippen molar-refractivity contribution < 1.29 is 28.5 Å². The van der Waals surface area contributed by atoms with Gasteiger partial charge in [-0.25, -0.2) is 8.78 Å². The van der Waals surface area contributed by atoms with E-state index >= 15 is 0 Å². The van der Waals surface area contributed by atoms with Gasteiger partial charge in [-0.1, -0.05) is 17.7 Å². The van der Waals surface area contributed by atoms with Gasteiger partial charge < -0.3 is 20.3 Å². The van der Waals surface area contributed by atoms with E-state index in [0.29, 0.717) is 34.7 Å². The van der Waals surface area contributed by atoms with Crippen LogP contribution in [-0.2, 0) is 11.2 Å².